The van der Waals surface area contributed by atoms with Gasteiger partial charge in [-0.05, 0) is 26.3 Å². The van der Waals surface area contributed by atoms with Gasteiger partial charge in [-0.25, -0.2) is 9.97 Å². The first-order chi connectivity index (χ1) is 9.35. The van der Waals surface area contributed by atoms with Gasteiger partial charge >= 0.3 is 6.18 Å². The summed E-state index contributed by atoms with van der Waals surface area (Å²) in [5.41, 5.74) is 0.436. The van der Waals surface area contributed by atoms with Crippen molar-refractivity contribution in [2.24, 2.45) is 0 Å². The van der Waals surface area contributed by atoms with Gasteiger partial charge in [0.25, 0.3) is 0 Å². The smallest absolute Gasteiger partial charge is 0.335 e. The van der Waals surface area contributed by atoms with Crippen molar-refractivity contribution in [2.75, 3.05) is 18.0 Å². The van der Waals surface area contributed by atoms with Crippen molar-refractivity contribution in [3.63, 3.8) is 0 Å². The molecule has 0 aliphatic carbocycles. The summed E-state index contributed by atoms with van der Waals surface area (Å²) in [6.45, 7) is 5.68. The van der Waals surface area contributed by atoms with E-state index in [9.17, 15) is 13.2 Å². The van der Waals surface area contributed by atoms with Gasteiger partial charge < -0.3 is 10.2 Å². The molecule has 0 amide bonds. The van der Waals surface area contributed by atoms with E-state index in [4.69, 9.17) is 0 Å². The molecule has 0 spiro atoms. The minimum Gasteiger partial charge on any atom is -0.335 e. The fourth-order valence-electron chi connectivity index (χ4n) is 2.23. The van der Waals surface area contributed by atoms with Crippen molar-refractivity contribution in [3.05, 3.63) is 18.0 Å². The lowest BCUT2D eigenvalue weighted by atomic mass is 10.1. The predicted octanol–water partition coefficient (Wildman–Crippen LogP) is 2.16. The number of aryl methyl sites for hydroxylation is 1. The van der Waals surface area contributed by atoms with E-state index in [2.05, 4.69) is 22.2 Å². The second-order valence-electron chi connectivity index (χ2n) is 5.27. The number of piperazine rings is 1. The van der Waals surface area contributed by atoms with E-state index in [0.717, 1.165) is 13.1 Å². The third-order valence-corrected chi connectivity index (χ3v) is 3.39. The minimum absolute atomic E-state index is 0.102. The quantitative estimate of drug-likeness (QED) is 0.925. The molecule has 0 bridgehead atoms. The highest BCUT2D eigenvalue weighted by molar-refractivity contribution is 5.33. The third-order valence-electron chi connectivity index (χ3n) is 3.39. The third kappa shape index (κ3) is 4.06. The number of nitrogens with zero attached hydrogens (tertiary/aromatic N) is 3. The molecule has 2 heterocycles. The summed E-state index contributed by atoms with van der Waals surface area (Å²) < 4.78 is 36.7. The van der Waals surface area contributed by atoms with Gasteiger partial charge in [0.05, 0.1) is 0 Å². The van der Waals surface area contributed by atoms with Crippen LogP contribution in [0.15, 0.2) is 12.3 Å². The Hall–Kier alpha value is -1.37. The Bertz CT molecular complexity index is 449. The van der Waals surface area contributed by atoms with E-state index in [0.29, 0.717) is 17.7 Å². The Morgan fingerprint density at radius 2 is 2.15 bits per heavy atom. The lowest BCUT2D eigenvalue weighted by molar-refractivity contribution is -0.134. The molecule has 1 aliphatic rings. The summed E-state index contributed by atoms with van der Waals surface area (Å²) in [4.78, 5) is 10.5. The van der Waals surface area contributed by atoms with Crippen LogP contribution in [0.1, 0.15) is 26.0 Å². The van der Waals surface area contributed by atoms with Gasteiger partial charge in [0, 0.05) is 43.5 Å². The summed E-state index contributed by atoms with van der Waals surface area (Å²) in [6.07, 6.45) is -3.57. The summed E-state index contributed by atoms with van der Waals surface area (Å²) in [5, 5.41) is 3.35. The largest absolute Gasteiger partial charge is 0.389 e. The lowest BCUT2D eigenvalue weighted by Gasteiger charge is -2.37. The maximum Gasteiger partial charge on any atom is 0.389 e. The van der Waals surface area contributed by atoms with Gasteiger partial charge in [-0.15, -0.1) is 0 Å². The van der Waals surface area contributed by atoms with Crippen molar-refractivity contribution < 1.29 is 13.2 Å². The molecule has 1 N–H and O–H groups in total. The standard InChI is InChI=1S/C13H19F3N4/c1-9-8-20(10(2)7-18-9)12-17-6-4-11(19-12)3-5-13(14,15)16/h4,6,9-10,18H,3,5,7-8H2,1-2H3/t9-,10+/m1/s1. The maximum absolute atomic E-state index is 12.2. The molecule has 2 rings (SSSR count). The molecule has 0 radical (unpaired) electrons. The van der Waals surface area contributed by atoms with Crippen LogP contribution in [-0.4, -0.2) is 41.3 Å². The van der Waals surface area contributed by atoms with Gasteiger partial charge in [-0.1, -0.05) is 0 Å². The van der Waals surface area contributed by atoms with Crippen molar-refractivity contribution >= 4 is 5.95 Å². The minimum atomic E-state index is -4.15. The first-order valence-electron chi connectivity index (χ1n) is 6.74. The molecule has 4 nitrogen and oxygen atoms in total. The van der Waals surface area contributed by atoms with Gasteiger partial charge in [0.15, 0.2) is 0 Å². The fraction of sp³-hybridized carbons (Fsp3) is 0.692. The molecule has 1 saturated heterocycles. The van der Waals surface area contributed by atoms with Crippen LogP contribution in [-0.2, 0) is 6.42 Å². The average molecular weight is 288 g/mol. The summed E-state index contributed by atoms with van der Waals surface area (Å²) in [6, 6.07) is 2.09. The predicted molar refractivity (Wildman–Crippen MR) is 70.7 cm³/mol. The highest BCUT2D eigenvalue weighted by Crippen LogP contribution is 2.22. The van der Waals surface area contributed by atoms with Crippen LogP contribution < -0.4 is 10.2 Å². The summed E-state index contributed by atoms with van der Waals surface area (Å²) >= 11 is 0. The van der Waals surface area contributed by atoms with E-state index in [1.54, 1.807) is 6.07 Å². The highest BCUT2D eigenvalue weighted by Gasteiger charge is 2.28. The van der Waals surface area contributed by atoms with E-state index in [1.165, 1.54) is 6.20 Å². The molecule has 0 saturated carbocycles. The second-order valence-corrected chi connectivity index (χ2v) is 5.27. The van der Waals surface area contributed by atoms with Crippen LogP contribution in [0.2, 0.25) is 0 Å². The number of alkyl halides is 3. The number of anilines is 1. The van der Waals surface area contributed by atoms with E-state index < -0.39 is 12.6 Å². The van der Waals surface area contributed by atoms with Crippen LogP contribution in [0.25, 0.3) is 0 Å². The Balaban J connectivity index is 2.08. The lowest BCUT2D eigenvalue weighted by Crippen LogP contribution is -2.55. The molecule has 0 unspecified atom stereocenters. The van der Waals surface area contributed by atoms with E-state index >= 15 is 0 Å². The number of hydrogen-bond donors (Lipinski definition) is 1. The van der Waals surface area contributed by atoms with E-state index in [1.807, 2.05) is 11.8 Å². The van der Waals surface area contributed by atoms with E-state index in [-0.39, 0.29) is 12.5 Å². The van der Waals surface area contributed by atoms with Crippen molar-refractivity contribution in [3.8, 4) is 0 Å². The molecular weight excluding hydrogens is 269 g/mol. The van der Waals surface area contributed by atoms with Crippen LogP contribution >= 0.6 is 0 Å². The first-order valence-corrected chi connectivity index (χ1v) is 6.74. The molecule has 1 aromatic rings. The summed E-state index contributed by atoms with van der Waals surface area (Å²) in [7, 11) is 0. The van der Waals surface area contributed by atoms with Crippen LogP contribution in [0.3, 0.4) is 0 Å². The second kappa shape index (κ2) is 5.95. The zero-order valence-corrected chi connectivity index (χ0v) is 11.6. The molecule has 112 valence electrons. The Labute approximate surface area is 116 Å². The number of nitrogens with one attached hydrogen (secondary N) is 1. The zero-order valence-electron chi connectivity index (χ0n) is 11.6. The highest BCUT2D eigenvalue weighted by atomic mass is 19.4. The Morgan fingerprint density at radius 3 is 2.85 bits per heavy atom. The summed E-state index contributed by atoms with van der Waals surface area (Å²) in [5.74, 6) is 0.519. The van der Waals surface area contributed by atoms with Crippen molar-refractivity contribution in [1.29, 1.82) is 0 Å². The van der Waals surface area contributed by atoms with Crippen molar-refractivity contribution in [2.45, 2.75) is 44.9 Å². The topological polar surface area (TPSA) is 41.1 Å². The van der Waals surface area contributed by atoms with Gasteiger partial charge in [0.1, 0.15) is 0 Å². The normalized spacial score (nSPS) is 23.9. The average Bonchev–Trinajstić information content (AvgIpc) is 2.39. The number of aromatic nitrogens is 2. The Kier molecular flexibility index (Phi) is 4.47. The fourth-order valence-corrected chi connectivity index (χ4v) is 2.23. The Morgan fingerprint density at radius 1 is 1.40 bits per heavy atom. The monoisotopic (exact) mass is 288 g/mol. The molecular formula is C13H19F3N4. The molecule has 7 heteroatoms. The van der Waals surface area contributed by atoms with Gasteiger partial charge in [0.2, 0.25) is 5.95 Å². The van der Waals surface area contributed by atoms with Crippen molar-refractivity contribution in [1.82, 2.24) is 15.3 Å². The molecule has 1 fully saturated rings. The van der Waals surface area contributed by atoms with Crippen LogP contribution in [0, 0.1) is 0 Å². The number of hydrogen-bond acceptors (Lipinski definition) is 4. The van der Waals surface area contributed by atoms with Crippen LogP contribution in [0.4, 0.5) is 19.1 Å². The molecule has 0 aromatic carbocycles. The molecule has 20 heavy (non-hydrogen) atoms. The van der Waals surface area contributed by atoms with Gasteiger partial charge in [-0.2, -0.15) is 13.2 Å². The first kappa shape index (κ1) is 15.0. The molecule has 1 aliphatic heterocycles. The van der Waals surface area contributed by atoms with Crippen LogP contribution in [0.5, 0.6) is 0 Å². The number of halogens is 3. The zero-order chi connectivity index (χ0) is 14.8. The molecule has 2 atom stereocenters. The maximum atomic E-state index is 12.2. The SMILES string of the molecule is C[C@@H]1CN(c2nccc(CCC(F)(F)F)n2)[C@@H](C)CN1. The number of rotatable bonds is 3. The van der Waals surface area contributed by atoms with Gasteiger partial charge in [-0.3, -0.25) is 0 Å². The molecule has 1 aromatic heterocycles.